The Morgan fingerprint density at radius 3 is 2.43 bits per heavy atom. The second-order valence-electron chi connectivity index (χ2n) is 11.2. The highest BCUT2D eigenvalue weighted by Gasteiger charge is 2.32. The summed E-state index contributed by atoms with van der Waals surface area (Å²) in [6, 6.07) is 9.34. The van der Waals surface area contributed by atoms with Crippen molar-refractivity contribution in [3.8, 4) is 11.3 Å². The second-order valence-corrected chi connectivity index (χ2v) is 11.2. The van der Waals surface area contributed by atoms with E-state index >= 15 is 0 Å². The van der Waals surface area contributed by atoms with Gasteiger partial charge in [-0.05, 0) is 44.6 Å². The molecule has 2 aliphatic rings. The molecule has 3 aromatic rings. The van der Waals surface area contributed by atoms with Crippen molar-refractivity contribution in [2.45, 2.75) is 38.2 Å². The monoisotopic (exact) mass is 616 g/mol. The van der Waals surface area contributed by atoms with E-state index in [2.05, 4.69) is 9.80 Å². The molecule has 11 nitrogen and oxygen atoms in total. The summed E-state index contributed by atoms with van der Waals surface area (Å²) in [6.45, 7) is 3.83. The number of hydrogen-bond acceptors (Lipinski definition) is 9. The van der Waals surface area contributed by atoms with Crippen LogP contribution in [0.5, 0.6) is 0 Å². The zero-order chi connectivity index (χ0) is 31.6. The number of aromatic nitrogens is 2. The van der Waals surface area contributed by atoms with E-state index in [4.69, 9.17) is 9.84 Å². The van der Waals surface area contributed by atoms with Crippen LogP contribution in [0.4, 0.5) is 24.5 Å². The molecule has 2 aliphatic heterocycles. The Morgan fingerprint density at radius 1 is 1.09 bits per heavy atom. The van der Waals surface area contributed by atoms with E-state index in [-0.39, 0.29) is 23.5 Å². The van der Waals surface area contributed by atoms with Crippen LogP contribution in [0.1, 0.15) is 33.6 Å². The molecule has 3 heterocycles. The van der Waals surface area contributed by atoms with E-state index in [0.717, 1.165) is 42.8 Å². The first-order chi connectivity index (χ1) is 21.0. The number of β-amino-alcohol motifs (C(OH)–C–C–N with tert-alkyl or cyclic N) is 1. The van der Waals surface area contributed by atoms with Gasteiger partial charge < -0.3 is 19.6 Å². The quantitative estimate of drug-likeness (QED) is 0.229. The zero-order valence-corrected chi connectivity index (χ0v) is 24.6. The SMILES string of the molecule is COC(=O)c1cccc([N+](=O)[O-])c1N1CCN(CC(O)Cn2nc(-c3ccc(C(F)(F)F)cc3)c3c2CCCN(C)C3)CC1. The van der Waals surface area contributed by atoms with Crippen LogP contribution in [0.3, 0.4) is 0 Å². The van der Waals surface area contributed by atoms with Crippen LogP contribution in [0.15, 0.2) is 42.5 Å². The first-order valence-corrected chi connectivity index (χ1v) is 14.4. The number of methoxy groups -OCH3 is 1. The number of rotatable bonds is 8. The molecule has 0 radical (unpaired) electrons. The van der Waals surface area contributed by atoms with Crippen molar-refractivity contribution in [2.75, 3.05) is 58.3 Å². The van der Waals surface area contributed by atoms with Crippen LogP contribution >= 0.6 is 0 Å². The van der Waals surface area contributed by atoms with Crippen molar-refractivity contribution in [3.63, 3.8) is 0 Å². The largest absolute Gasteiger partial charge is 0.465 e. The van der Waals surface area contributed by atoms with Gasteiger partial charge in [0.25, 0.3) is 5.69 Å². The molecule has 236 valence electrons. The normalized spacial score (nSPS) is 17.2. The minimum Gasteiger partial charge on any atom is -0.465 e. The summed E-state index contributed by atoms with van der Waals surface area (Å²) in [5.41, 5.74) is 2.60. The Morgan fingerprint density at radius 2 is 1.80 bits per heavy atom. The van der Waals surface area contributed by atoms with Crippen molar-refractivity contribution in [2.24, 2.45) is 0 Å². The average molecular weight is 617 g/mol. The van der Waals surface area contributed by atoms with Crippen molar-refractivity contribution in [1.82, 2.24) is 19.6 Å². The fourth-order valence-electron chi connectivity index (χ4n) is 6.04. The highest BCUT2D eigenvalue weighted by atomic mass is 19.4. The molecule has 1 saturated heterocycles. The molecular formula is C30H35F3N6O5. The van der Waals surface area contributed by atoms with Crippen LogP contribution in [0.25, 0.3) is 11.3 Å². The second kappa shape index (κ2) is 12.9. The molecule has 5 rings (SSSR count). The molecule has 1 N–H and O–H groups in total. The summed E-state index contributed by atoms with van der Waals surface area (Å²) < 4.78 is 46.1. The summed E-state index contributed by atoms with van der Waals surface area (Å²) in [5.74, 6) is -0.651. The summed E-state index contributed by atoms with van der Waals surface area (Å²) in [4.78, 5) is 29.6. The van der Waals surface area contributed by atoms with E-state index in [9.17, 15) is 33.2 Å². The molecule has 0 saturated carbocycles. The number of halogens is 3. The van der Waals surface area contributed by atoms with E-state index in [1.54, 1.807) is 9.58 Å². The van der Waals surface area contributed by atoms with Gasteiger partial charge in [0.05, 0.1) is 41.5 Å². The maximum atomic E-state index is 13.2. The lowest BCUT2D eigenvalue weighted by molar-refractivity contribution is -0.384. The lowest BCUT2D eigenvalue weighted by Gasteiger charge is -2.37. The van der Waals surface area contributed by atoms with Crippen LogP contribution in [-0.4, -0.2) is 95.1 Å². The third-order valence-electron chi connectivity index (χ3n) is 8.19. The fraction of sp³-hybridized carbons (Fsp3) is 0.467. The predicted octanol–water partition coefficient (Wildman–Crippen LogP) is 3.82. The maximum absolute atomic E-state index is 13.2. The van der Waals surface area contributed by atoms with Crippen LogP contribution in [0.2, 0.25) is 0 Å². The van der Waals surface area contributed by atoms with Crippen LogP contribution in [-0.2, 0) is 30.4 Å². The lowest BCUT2D eigenvalue weighted by Crippen LogP contribution is -2.49. The van der Waals surface area contributed by atoms with E-state index in [1.807, 2.05) is 7.05 Å². The number of aliphatic hydroxyl groups excluding tert-OH is 1. The molecule has 1 unspecified atom stereocenters. The minimum atomic E-state index is -4.43. The van der Waals surface area contributed by atoms with Gasteiger partial charge in [-0.3, -0.25) is 19.7 Å². The van der Waals surface area contributed by atoms with E-state index in [1.165, 1.54) is 37.4 Å². The van der Waals surface area contributed by atoms with Gasteiger partial charge in [-0.25, -0.2) is 4.79 Å². The Bertz CT molecular complexity index is 1500. The number of nitro benzene ring substituents is 1. The Hall–Kier alpha value is -4.01. The molecule has 1 aromatic heterocycles. The highest BCUT2D eigenvalue weighted by Crippen LogP contribution is 2.35. The zero-order valence-electron chi connectivity index (χ0n) is 24.6. The van der Waals surface area contributed by atoms with Crippen molar-refractivity contribution < 1.29 is 32.7 Å². The highest BCUT2D eigenvalue weighted by molar-refractivity contribution is 5.98. The number of esters is 1. The average Bonchev–Trinajstić information content (AvgIpc) is 3.18. The standard InChI is InChI=1S/C30H35F3N6O5/c1-35-12-4-7-25-24(19-35)27(20-8-10-21(11-9-20)30(31,32)33)34-38(25)18-22(40)17-36-13-15-37(16-14-36)28-23(29(41)44-2)5-3-6-26(28)39(42)43/h3,5-6,8-11,22,40H,4,7,12-19H2,1-2H3. The number of fused-ring (bicyclic) bond motifs is 1. The first-order valence-electron chi connectivity index (χ1n) is 14.4. The van der Waals surface area contributed by atoms with Gasteiger partial charge in [-0.15, -0.1) is 0 Å². The number of carbonyl (C=O) groups excluding carboxylic acids is 1. The van der Waals surface area contributed by atoms with Gasteiger partial charge in [0.1, 0.15) is 5.69 Å². The summed E-state index contributed by atoms with van der Waals surface area (Å²) >= 11 is 0. The lowest BCUT2D eigenvalue weighted by atomic mass is 10.0. The number of nitrogens with zero attached hydrogens (tertiary/aromatic N) is 6. The number of carbonyl (C=O) groups is 1. The molecule has 14 heteroatoms. The number of ether oxygens (including phenoxy) is 1. The molecule has 0 bridgehead atoms. The minimum absolute atomic E-state index is 0.129. The number of anilines is 1. The third kappa shape index (κ3) is 6.71. The summed E-state index contributed by atoms with van der Waals surface area (Å²) in [6.07, 6.45) is -3.59. The summed E-state index contributed by atoms with van der Waals surface area (Å²) in [5, 5.41) is 27.6. The number of piperazine rings is 1. The number of para-hydroxylation sites is 1. The number of alkyl halides is 3. The molecule has 2 aromatic carbocycles. The topological polar surface area (TPSA) is 117 Å². The summed E-state index contributed by atoms with van der Waals surface area (Å²) in [7, 11) is 3.23. The van der Waals surface area contributed by atoms with Crippen molar-refractivity contribution >= 4 is 17.3 Å². The number of nitro groups is 1. The smallest absolute Gasteiger partial charge is 0.416 e. The third-order valence-corrected chi connectivity index (χ3v) is 8.19. The van der Waals surface area contributed by atoms with Gasteiger partial charge in [0, 0.05) is 62.2 Å². The Labute approximate surface area is 252 Å². The van der Waals surface area contributed by atoms with Gasteiger partial charge in [-0.1, -0.05) is 18.2 Å². The molecule has 0 amide bonds. The molecular weight excluding hydrogens is 581 g/mol. The number of benzene rings is 2. The Balaban J connectivity index is 1.30. The van der Waals surface area contributed by atoms with Gasteiger partial charge in [0.2, 0.25) is 0 Å². The van der Waals surface area contributed by atoms with Gasteiger partial charge in [-0.2, -0.15) is 18.3 Å². The number of hydrogen-bond donors (Lipinski definition) is 1. The molecule has 0 spiro atoms. The van der Waals surface area contributed by atoms with Crippen LogP contribution < -0.4 is 4.90 Å². The van der Waals surface area contributed by atoms with Crippen molar-refractivity contribution in [1.29, 1.82) is 0 Å². The Kier molecular flexibility index (Phi) is 9.23. The predicted molar refractivity (Wildman–Crippen MR) is 156 cm³/mol. The number of aliphatic hydroxyl groups is 1. The molecule has 0 aliphatic carbocycles. The maximum Gasteiger partial charge on any atom is 0.416 e. The molecule has 44 heavy (non-hydrogen) atoms. The van der Waals surface area contributed by atoms with E-state index in [0.29, 0.717) is 50.5 Å². The van der Waals surface area contributed by atoms with Gasteiger partial charge in [0.15, 0.2) is 0 Å². The van der Waals surface area contributed by atoms with Gasteiger partial charge >= 0.3 is 12.1 Å². The fourth-order valence-corrected chi connectivity index (χ4v) is 6.04. The molecule has 1 fully saturated rings. The first kappa shape index (κ1) is 31.4. The van der Waals surface area contributed by atoms with E-state index < -0.39 is 28.7 Å². The molecule has 1 atom stereocenters. The van der Waals surface area contributed by atoms with Crippen molar-refractivity contribution in [3.05, 3.63) is 75.0 Å². The van der Waals surface area contributed by atoms with Crippen LogP contribution in [0, 0.1) is 10.1 Å².